The lowest BCUT2D eigenvalue weighted by atomic mass is 9.65. The number of hydrogen-bond donors (Lipinski definition) is 1. The third-order valence-electron chi connectivity index (χ3n) is 4.19. The van der Waals surface area contributed by atoms with Crippen molar-refractivity contribution in [2.75, 3.05) is 13.1 Å². The molecule has 16 heavy (non-hydrogen) atoms. The van der Waals surface area contributed by atoms with E-state index in [-0.39, 0.29) is 5.41 Å². The zero-order valence-corrected chi connectivity index (χ0v) is 9.46. The van der Waals surface area contributed by atoms with Crippen molar-refractivity contribution in [1.82, 2.24) is 5.32 Å². The van der Waals surface area contributed by atoms with E-state index in [0.29, 0.717) is 5.78 Å². The molecule has 0 unspecified atom stereocenters. The Balaban J connectivity index is 2.09. The van der Waals surface area contributed by atoms with Crippen molar-refractivity contribution in [1.29, 1.82) is 0 Å². The standard InChI is InChI=1S/C14H17NO/c16-13-5-6-14(7-9-15-10-8-14)12-4-2-1-3-11(12)13/h1-4,15H,5-10H2. The van der Waals surface area contributed by atoms with Crippen molar-refractivity contribution in [3.8, 4) is 0 Å². The third kappa shape index (κ3) is 1.40. The van der Waals surface area contributed by atoms with Gasteiger partial charge in [0.2, 0.25) is 0 Å². The summed E-state index contributed by atoms with van der Waals surface area (Å²) in [6.07, 6.45) is 4.14. The van der Waals surface area contributed by atoms with Crippen LogP contribution in [0.2, 0.25) is 0 Å². The zero-order valence-electron chi connectivity index (χ0n) is 9.46. The molecule has 1 aliphatic heterocycles. The smallest absolute Gasteiger partial charge is 0.163 e. The minimum absolute atomic E-state index is 0.287. The van der Waals surface area contributed by atoms with E-state index >= 15 is 0 Å². The van der Waals surface area contributed by atoms with Crippen molar-refractivity contribution < 1.29 is 4.79 Å². The monoisotopic (exact) mass is 215 g/mol. The van der Waals surface area contributed by atoms with Gasteiger partial charge in [-0.1, -0.05) is 24.3 Å². The molecule has 2 heteroatoms. The van der Waals surface area contributed by atoms with Crippen LogP contribution in [-0.4, -0.2) is 18.9 Å². The number of benzene rings is 1. The molecule has 0 radical (unpaired) electrons. The first kappa shape index (κ1) is 10.0. The summed E-state index contributed by atoms with van der Waals surface area (Å²) >= 11 is 0. The van der Waals surface area contributed by atoms with Crippen molar-refractivity contribution in [3.05, 3.63) is 35.4 Å². The molecular formula is C14H17NO. The van der Waals surface area contributed by atoms with Crippen LogP contribution >= 0.6 is 0 Å². The molecule has 0 atom stereocenters. The molecule has 0 aromatic heterocycles. The maximum Gasteiger partial charge on any atom is 0.163 e. The van der Waals surface area contributed by atoms with Crippen molar-refractivity contribution in [3.63, 3.8) is 0 Å². The van der Waals surface area contributed by atoms with Gasteiger partial charge in [0, 0.05) is 12.0 Å². The number of piperidine rings is 1. The first-order valence-corrected chi connectivity index (χ1v) is 6.15. The maximum atomic E-state index is 11.9. The number of rotatable bonds is 0. The lowest BCUT2D eigenvalue weighted by molar-refractivity contribution is 0.0941. The highest BCUT2D eigenvalue weighted by Gasteiger charge is 2.39. The molecule has 1 spiro atoms. The number of ketones is 1. The normalized spacial score (nSPS) is 23.1. The molecule has 84 valence electrons. The second-order valence-corrected chi connectivity index (χ2v) is 5.00. The third-order valence-corrected chi connectivity index (χ3v) is 4.19. The minimum Gasteiger partial charge on any atom is -0.317 e. The second kappa shape index (κ2) is 3.70. The van der Waals surface area contributed by atoms with Gasteiger partial charge in [-0.2, -0.15) is 0 Å². The fourth-order valence-electron chi connectivity index (χ4n) is 3.24. The van der Waals surface area contributed by atoms with Gasteiger partial charge < -0.3 is 5.32 Å². The van der Waals surface area contributed by atoms with Gasteiger partial charge in [0.05, 0.1) is 0 Å². The molecule has 0 amide bonds. The summed E-state index contributed by atoms with van der Waals surface area (Å²) in [6, 6.07) is 8.22. The van der Waals surface area contributed by atoms with E-state index < -0.39 is 0 Å². The number of hydrogen-bond acceptors (Lipinski definition) is 2. The number of nitrogens with one attached hydrogen (secondary N) is 1. The molecule has 1 N–H and O–H groups in total. The van der Waals surface area contributed by atoms with Crippen LogP contribution in [0.15, 0.2) is 24.3 Å². The topological polar surface area (TPSA) is 29.1 Å². The highest BCUT2D eigenvalue weighted by Crippen LogP contribution is 2.43. The van der Waals surface area contributed by atoms with Gasteiger partial charge >= 0.3 is 0 Å². The zero-order chi connectivity index (χ0) is 11.0. The molecule has 0 saturated carbocycles. The summed E-state index contributed by atoms with van der Waals surface area (Å²) in [6.45, 7) is 2.17. The summed E-state index contributed by atoms with van der Waals surface area (Å²) in [4.78, 5) is 11.9. The summed E-state index contributed by atoms with van der Waals surface area (Å²) in [5.41, 5.74) is 2.58. The van der Waals surface area contributed by atoms with Crippen LogP contribution in [0.1, 0.15) is 41.6 Å². The number of carbonyl (C=O) groups is 1. The SMILES string of the molecule is O=C1CCC2(CCNCC2)c2ccccc21. The van der Waals surface area contributed by atoms with Crippen LogP contribution in [0, 0.1) is 0 Å². The van der Waals surface area contributed by atoms with Gasteiger partial charge in [-0.3, -0.25) is 4.79 Å². The largest absolute Gasteiger partial charge is 0.317 e. The van der Waals surface area contributed by atoms with Crippen LogP contribution in [0.4, 0.5) is 0 Å². The van der Waals surface area contributed by atoms with Gasteiger partial charge in [-0.15, -0.1) is 0 Å². The average Bonchev–Trinajstić information content (AvgIpc) is 2.36. The van der Waals surface area contributed by atoms with Gasteiger partial charge in [0.25, 0.3) is 0 Å². The fourth-order valence-corrected chi connectivity index (χ4v) is 3.24. The lowest BCUT2D eigenvalue weighted by Gasteiger charge is -2.41. The molecule has 1 heterocycles. The molecule has 1 saturated heterocycles. The number of Topliss-reactive ketones (excluding diaryl/α,β-unsaturated/α-hetero) is 1. The maximum absolute atomic E-state index is 11.9. The minimum atomic E-state index is 0.287. The van der Waals surface area contributed by atoms with Crippen molar-refractivity contribution in [2.45, 2.75) is 31.1 Å². The molecule has 3 rings (SSSR count). The summed E-state index contributed by atoms with van der Waals surface area (Å²) in [5, 5.41) is 3.41. The Morgan fingerprint density at radius 3 is 2.62 bits per heavy atom. The van der Waals surface area contributed by atoms with E-state index in [1.807, 2.05) is 12.1 Å². The molecule has 2 nitrogen and oxygen atoms in total. The Bertz CT molecular complexity index is 418. The molecule has 1 aromatic carbocycles. The van der Waals surface area contributed by atoms with Crippen molar-refractivity contribution >= 4 is 5.78 Å². The van der Waals surface area contributed by atoms with Crippen LogP contribution in [0.5, 0.6) is 0 Å². The fraction of sp³-hybridized carbons (Fsp3) is 0.500. The van der Waals surface area contributed by atoms with Crippen LogP contribution in [0.3, 0.4) is 0 Å². The van der Waals surface area contributed by atoms with E-state index in [4.69, 9.17) is 0 Å². The van der Waals surface area contributed by atoms with Gasteiger partial charge in [0.15, 0.2) is 5.78 Å². The molecule has 1 aliphatic carbocycles. The molecule has 1 aromatic rings. The Morgan fingerprint density at radius 1 is 1.06 bits per heavy atom. The van der Waals surface area contributed by atoms with E-state index in [1.54, 1.807) is 0 Å². The first-order chi connectivity index (χ1) is 7.82. The van der Waals surface area contributed by atoms with Gasteiger partial charge in [0.1, 0.15) is 0 Å². The van der Waals surface area contributed by atoms with Gasteiger partial charge in [-0.25, -0.2) is 0 Å². The Kier molecular flexibility index (Phi) is 2.32. The molecular weight excluding hydrogens is 198 g/mol. The predicted octanol–water partition coefficient (Wildman–Crippen LogP) is 2.28. The lowest BCUT2D eigenvalue weighted by Crippen LogP contribution is -2.43. The average molecular weight is 215 g/mol. The van der Waals surface area contributed by atoms with E-state index in [0.717, 1.165) is 31.5 Å². The van der Waals surface area contributed by atoms with E-state index in [9.17, 15) is 4.79 Å². The summed E-state index contributed by atoms with van der Waals surface area (Å²) in [7, 11) is 0. The van der Waals surface area contributed by atoms with Crippen LogP contribution in [-0.2, 0) is 5.41 Å². The van der Waals surface area contributed by atoms with Crippen LogP contribution in [0.25, 0.3) is 0 Å². The second-order valence-electron chi connectivity index (χ2n) is 5.00. The van der Waals surface area contributed by atoms with Gasteiger partial charge in [-0.05, 0) is 43.3 Å². The molecule has 1 fully saturated rings. The number of fused-ring (bicyclic) bond motifs is 2. The summed E-state index contributed by atoms with van der Waals surface area (Å²) in [5.74, 6) is 0.333. The molecule has 2 aliphatic rings. The molecule has 0 bridgehead atoms. The van der Waals surface area contributed by atoms with Crippen molar-refractivity contribution in [2.24, 2.45) is 0 Å². The number of carbonyl (C=O) groups excluding carboxylic acids is 1. The van der Waals surface area contributed by atoms with E-state index in [2.05, 4.69) is 17.4 Å². The first-order valence-electron chi connectivity index (χ1n) is 6.15. The van der Waals surface area contributed by atoms with E-state index in [1.165, 1.54) is 18.4 Å². The highest BCUT2D eigenvalue weighted by atomic mass is 16.1. The predicted molar refractivity (Wildman–Crippen MR) is 63.8 cm³/mol. The van der Waals surface area contributed by atoms with Crippen LogP contribution < -0.4 is 5.32 Å². The Morgan fingerprint density at radius 2 is 1.81 bits per heavy atom. The Hall–Kier alpha value is -1.15. The highest BCUT2D eigenvalue weighted by molar-refractivity contribution is 5.99. The summed E-state index contributed by atoms with van der Waals surface area (Å²) < 4.78 is 0. The quantitative estimate of drug-likeness (QED) is 0.719. The Labute approximate surface area is 96.1 Å².